The fourth-order valence-electron chi connectivity index (χ4n) is 1.71. The van der Waals surface area contributed by atoms with Gasteiger partial charge < -0.3 is 21.1 Å². The van der Waals surface area contributed by atoms with E-state index in [0.29, 0.717) is 30.8 Å². The second kappa shape index (κ2) is 10.1. The molecule has 0 aliphatic rings. The first kappa shape index (κ1) is 18.3. The van der Waals surface area contributed by atoms with Gasteiger partial charge >= 0.3 is 0 Å². The molecule has 0 unspecified atom stereocenters. The lowest BCUT2D eigenvalue weighted by Gasteiger charge is -2.12. The van der Waals surface area contributed by atoms with E-state index in [1.54, 1.807) is 43.1 Å². The number of benzene rings is 1. The van der Waals surface area contributed by atoms with Crippen LogP contribution >= 0.6 is 11.8 Å². The van der Waals surface area contributed by atoms with Crippen molar-refractivity contribution >= 4 is 23.6 Å². The zero-order valence-electron chi connectivity index (χ0n) is 12.9. The van der Waals surface area contributed by atoms with Crippen LogP contribution in [0.25, 0.3) is 0 Å². The molecule has 1 atom stereocenters. The van der Waals surface area contributed by atoms with Gasteiger partial charge in [-0.2, -0.15) is 11.8 Å². The zero-order valence-corrected chi connectivity index (χ0v) is 13.7. The van der Waals surface area contributed by atoms with Gasteiger partial charge in [-0.3, -0.25) is 9.59 Å². The highest BCUT2D eigenvalue weighted by Gasteiger charge is 2.12. The third kappa shape index (κ3) is 6.36. The standard InChI is InChI=1S/C15H23N3O3S/c1-21-12-5-3-11(4-6-12)14(19)17-8-9-18-15(20)13(16)7-10-22-2/h3-6,13H,7-10,16H2,1-2H3,(H,17,19)(H,18,20)/t13-/m0/s1. The van der Waals surface area contributed by atoms with Gasteiger partial charge in [-0.05, 0) is 42.7 Å². The van der Waals surface area contributed by atoms with Crippen molar-refractivity contribution in [3.05, 3.63) is 29.8 Å². The van der Waals surface area contributed by atoms with Gasteiger partial charge in [-0.15, -0.1) is 0 Å². The van der Waals surface area contributed by atoms with Crippen LogP contribution in [0, 0.1) is 0 Å². The van der Waals surface area contributed by atoms with E-state index in [-0.39, 0.29) is 11.8 Å². The van der Waals surface area contributed by atoms with Crippen molar-refractivity contribution in [2.24, 2.45) is 5.73 Å². The Labute approximate surface area is 135 Å². The van der Waals surface area contributed by atoms with Crippen LogP contribution in [0.1, 0.15) is 16.8 Å². The Hall–Kier alpha value is -1.73. The number of rotatable bonds is 9. The van der Waals surface area contributed by atoms with Crippen LogP contribution in [0.4, 0.5) is 0 Å². The minimum Gasteiger partial charge on any atom is -0.497 e. The average molecular weight is 325 g/mol. The molecule has 0 saturated carbocycles. The Kier molecular flexibility index (Phi) is 8.39. The van der Waals surface area contributed by atoms with Crippen molar-refractivity contribution in [1.29, 1.82) is 0 Å². The van der Waals surface area contributed by atoms with Gasteiger partial charge in [-0.25, -0.2) is 0 Å². The van der Waals surface area contributed by atoms with E-state index in [4.69, 9.17) is 10.5 Å². The third-order valence-electron chi connectivity index (χ3n) is 3.03. The van der Waals surface area contributed by atoms with E-state index in [1.807, 2.05) is 6.26 Å². The monoisotopic (exact) mass is 325 g/mol. The molecule has 1 rings (SSSR count). The lowest BCUT2D eigenvalue weighted by Crippen LogP contribution is -2.43. The molecule has 0 heterocycles. The fraction of sp³-hybridized carbons (Fsp3) is 0.467. The Morgan fingerprint density at radius 1 is 1.23 bits per heavy atom. The van der Waals surface area contributed by atoms with E-state index in [2.05, 4.69) is 10.6 Å². The Morgan fingerprint density at radius 2 is 1.86 bits per heavy atom. The molecule has 0 saturated heterocycles. The minimum absolute atomic E-state index is 0.187. The van der Waals surface area contributed by atoms with E-state index < -0.39 is 6.04 Å². The summed E-state index contributed by atoms with van der Waals surface area (Å²) in [5, 5.41) is 5.44. The van der Waals surface area contributed by atoms with Crippen LogP contribution in [-0.4, -0.2) is 50.1 Å². The summed E-state index contributed by atoms with van der Waals surface area (Å²) >= 11 is 1.65. The Balaban J connectivity index is 2.25. The number of methoxy groups -OCH3 is 1. The van der Waals surface area contributed by atoms with Crippen LogP contribution in [0.2, 0.25) is 0 Å². The average Bonchev–Trinajstić information content (AvgIpc) is 2.56. The van der Waals surface area contributed by atoms with Gasteiger partial charge in [0, 0.05) is 18.7 Å². The summed E-state index contributed by atoms with van der Waals surface area (Å²) < 4.78 is 5.03. The summed E-state index contributed by atoms with van der Waals surface area (Å²) in [6.45, 7) is 0.708. The van der Waals surface area contributed by atoms with E-state index in [9.17, 15) is 9.59 Å². The predicted octanol–water partition coefficient (Wildman–Crippen LogP) is 0.622. The van der Waals surface area contributed by atoms with Crippen molar-refractivity contribution in [3.63, 3.8) is 0 Å². The number of thioether (sulfide) groups is 1. The van der Waals surface area contributed by atoms with E-state index in [1.165, 1.54) is 0 Å². The lowest BCUT2D eigenvalue weighted by molar-refractivity contribution is -0.122. The van der Waals surface area contributed by atoms with Crippen molar-refractivity contribution in [2.45, 2.75) is 12.5 Å². The van der Waals surface area contributed by atoms with Gasteiger partial charge in [0.05, 0.1) is 13.2 Å². The molecular formula is C15H23N3O3S. The summed E-state index contributed by atoms with van der Waals surface area (Å²) in [5.41, 5.74) is 6.28. The first-order chi connectivity index (χ1) is 10.6. The number of amides is 2. The summed E-state index contributed by atoms with van der Waals surface area (Å²) in [6.07, 6.45) is 2.62. The summed E-state index contributed by atoms with van der Waals surface area (Å²) in [6, 6.07) is 6.32. The number of carbonyl (C=O) groups excluding carboxylic acids is 2. The van der Waals surface area contributed by atoms with Gasteiger partial charge in [0.1, 0.15) is 5.75 Å². The van der Waals surface area contributed by atoms with Crippen LogP contribution in [-0.2, 0) is 4.79 Å². The highest BCUT2D eigenvalue weighted by Crippen LogP contribution is 2.10. The molecule has 22 heavy (non-hydrogen) atoms. The van der Waals surface area contributed by atoms with Crippen molar-refractivity contribution in [1.82, 2.24) is 10.6 Å². The van der Waals surface area contributed by atoms with Crippen LogP contribution in [0.15, 0.2) is 24.3 Å². The smallest absolute Gasteiger partial charge is 0.251 e. The lowest BCUT2D eigenvalue weighted by atomic mass is 10.2. The van der Waals surface area contributed by atoms with Crippen molar-refractivity contribution in [3.8, 4) is 5.75 Å². The highest BCUT2D eigenvalue weighted by molar-refractivity contribution is 7.98. The molecule has 2 amide bonds. The molecule has 0 aromatic heterocycles. The molecule has 0 spiro atoms. The Bertz CT molecular complexity index is 479. The largest absolute Gasteiger partial charge is 0.497 e. The number of hydrogen-bond acceptors (Lipinski definition) is 5. The molecule has 0 aliphatic heterocycles. The molecule has 0 fully saturated rings. The highest BCUT2D eigenvalue weighted by atomic mass is 32.2. The number of carbonyl (C=O) groups is 2. The molecule has 7 heteroatoms. The van der Waals surface area contributed by atoms with Gasteiger partial charge in [-0.1, -0.05) is 0 Å². The summed E-state index contributed by atoms with van der Waals surface area (Å²) in [7, 11) is 1.57. The van der Waals surface area contributed by atoms with Gasteiger partial charge in [0.2, 0.25) is 5.91 Å². The van der Waals surface area contributed by atoms with Crippen LogP contribution in [0.3, 0.4) is 0 Å². The Morgan fingerprint density at radius 3 is 2.45 bits per heavy atom. The molecule has 6 nitrogen and oxygen atoms in total. The van der Waals surface area contributed by atoms with Crippen LogP contribution < -0.4 is 21.1 Å². The number of hydrogen-bond donors (Lipinski definition) is 3. The fourth-order valence-corrected chi connectivity index (χ4v) is 2.20. The topological polar surface area (TPSA) is 93.5 Å². The first-order valence-corrected chi connectivity index (χ1v) is 8.42. The molecule has 4 N–H and O–H groups in total. The second-order valence-corrected chi connectivity index (χ2v) is 5.65. The normalized spacial score (nSPS) is 11.6. The molecule has 0 bridgehead atoms. The van der Waals surface area contributed by atoms with Crippen LogP contribution in [0.5, 0.6) is 5.75 Å². The van der Waals surface area contributed by atoms with E-state index in [0.717, 1.165) is 5.75 Å². The van der Waals surface area contributed by atoms with Crippen molar-refractivity contribution in [2.75, 3.05) is 32.2 Å². The van der Waals surface area contributed by atoms with E-state index >= 15 is 0 Å². The third-order valence-corrected chi connectivity index (χ3v) is 3.68. The van der Waals surface area contributed by atoms with Gasteiger partial charge in [0.15, 0.2) is 0 Å². The molecular weight excluding hydrogens is 302 g/mol. The number of nitrogens with two attached hydrogens (primary N) is 1. The molecule has 0 aliphatic carbocycles. The quantitative estimate of drug-likeness (QED) is 0.579. The maximum atomic E-state index is 11.9. The van der Waals surface area contributed by atoms with Crippen molar-refractivity contribution < 1.29 is 14.3 Å². The zero-order chi connectivity index (χ0) is 16.4. The van der Waals surface area contributed by atoms with Gasteiger partial charge in [0.25, 0.3) is 5.91 Å². The summed E-state index contributed by atoms with van der Waals surface area (Å²) in [4.78, 5) is 23.5. The maximum absolute atomic E-state index is 11.9. The molecule has 0 radical (unpaired) electrons. The first-order valence-electron chi connectivity index (χ1n) is 7.03. The minimum atomic E-state index is -0.496. The molecule has 1 aromatic rings. The number of nitrogens with one attached hydrogen (secondary N) is 2. The number of ether oxygens (including phenoxy) is 1. The summed E-state index contributed by atoms with van der Waals surface area (Å²) in [5.74, 6) is 1.17. The SMILES string of the molecule is COc1ccc(C(=O)NCCNC(=O)[C@@H](N)CCSC)cc1. The second-order valence-electron chi connectivity index (χ2n) is 4.66. The maximum Gasteiger partial charge on any atom is 0.251 e. The molecule has 1 aromatic carbocycles. The predicted molar refractivity (Wildman–Crippen MR) is 89.3 cm³/mol. The molecule has 122 valence electrons.